The number of nitrogens with zero attached hydrogens (tertiary/aromatic N) is 1. The van der Waals surface area contributed by atoms with E-state index in [1.54, 1.807) is 0 Å². The highest BCUT2D eigenvalue weighted by Gasteiger charge is 2.51. The zero-order valence-corrected chi connectivity index (χ0v) is 32.7. The van der Waals surface area contributed by atoms with Crippen molar-refractivity contribution in [1.82, 2.24) is 15.5 Å². The molecular weight excluding hydrogens is 695 g/mol. The van der Waals surface area contributed by atoms with Gasteiger partial charge in [0.15, 0.2) is 6.29 Å². The van der Waals surface area contributed by atoms with Crippen molar-refractivity contribution in [3.05, 3.63) is 143 Å². The zero-order valence-electron chi connectivity index (χ0n) is 32.7. The van der Waals surface area contributed by atoms with Gasteiger partial charge in [0.1, 0.15) is 0 Å². The summed E-state index contributed by atoms with van der Waals surface area (Å²) in [6.45, 7) is 3.48. The number of rotatable bonds is 11. The molecule has 4 atom stereocenters. The van der Waals surface area contributed by atoms with Gasteiger partial charge in [-0.15, -0.1) is 0 Å². The van der Waals surface area contributed by atoms with Crippen molar-refractivity contribution < 1.29 is 19.4 Å². The lowest BCUT2D eigenvalue weighted by Gasteiger charge is -2.56. The van der Waals surface area contributed by atoms with Crippen LogP contribution >= 0.6 is 0 Å². The van der Waals surface area contributed by atoms with E-state index in [0.717, 1.165) is 83.4 Å². The Hall–Kier alpha value is -4.53. The number of fused-ring (bicyclic) bond motifs is 1. The molecule has 1 aliphatic heterocycles. The largest absolute Gasteiger partial charge is 0.392 e. The van der Waals surface area contributed by atoms with Crippen molar-refractivity contribution in [2.45, 2.75) is 95.1 Å². The highest BCUT2D eigenvalue weighted by atomic mass is 16.7. The average molecular weight is 750 g/mol. The highest BCUT2D eigenvalue weighted by molar-refractivity contribution is 5.83. The second kappa shape index (κ2) is 15.8. The summed E-state index contributed by atoms with van der Waals surface area (Å²) in [7, 11) is 2.17. The number of amides is 2. The zero-order chi connectivity index (χ0) is 38.2. The van der Waals surface area contributed by atoms with E-state index in [1.807, 2.05) is 18.2 Å². The number of nitrogens with one attached hydrogen (secondary N) is 2. The van der Waals surface area contributed by atoms with Crippen molar-refractivity contribution in [2.75, 3.05) is 13.6 Å². The SMILES string of the molecule is C[C@H](c1ccc2ccccc2c1)N(C)C[C@H]1C[C@@H](c2ccc(CO)cc2)O[C@@H](c2ccc(-c3ccccc3CNC(=O)NC34CC5CC(CC(C5)C3)C4)cc2)O1. The van der Waals surface area contributed by atoms with Gasteiger partial charge >= 0.3 is 6.03 Å². The van der Waals surface area contributed by atoms with Crippen molar-refractivity contribution in [3.8, 4) is 11.1 Å². The summed E-state index contributed by atoms with van der Waals surface area (Å²) >= 11 is 0. The number of urea groups is 1. The first-order chi connectivity index (χ1) is 27.3. The van der Waals surface area contributed by atoms with Crippen LogP contribution in [0.15, 0.2) is 115 Å². The molecule has 290 valence electrons. The molecule has 1 heterocycles. The third kappa shape index (κ3) is 7.88. The Morgan fingerprint density at radius 1 is 0.786 bits per heavy atom. The summed E-state index contributed by atoms with van der Waals surface area (Å²) in [5.74, 6) is 2.36. The van der Waals surface area contributed by atoms with Gasteiger partial charge in [0.25, 0.3) is 0 Å². The predicted octanol–water partition coefficient (Wildman–Crippen LogP) is 10.0. The van der Waals surface area contributed by atoms with E-state index in [2.05, 4.69) is 127 Å². The molecule has 56 heavy (non-hydrogen) atoms. The first-order valence-corrected chi connectivity index (χ1v) is 20.7. The molecule has 2 amide bonds. The molecular formula is C49H55N3O4. The Kier molecular flexibility index (Phi) is 10.4. The Labute approximate surface area is 331 Å². The Bertz CT molecular complexity index is 2110. The number of ether oxygens (including phenoxy) is 2. The minimum atomic E-state index is -0.542. The lowest BCUT2D eigenvalue weighted by atomic mass is 9.53. The number of aliphatic hydroxyl groups is 1. The van der Waals surface area contributed by atoms with E-state index in [-0.39, 0.29) is 36.4 Å². The van der Waals surface area contributed by atoms with Crippen LogP contribution in [0.2, 0.25) is 0 Å². The summed E-state index contributed by atoms with van der Waals surface area (Å²) < 4.78 is 13.5. The lowest BCUT2D eigenvalue weighted by molar-refractivity contribution is -0.253. The first kappa shape index (κ1) is 37.1. The maximum atomic E-state index is 13.3. The van der Waals surface area contributed by atoms with Gasteiger partial charge < -0.3 is 25.2 Å². The summed E-state index contributed by atoms with van der Waals surface area (Å²) in [6, 6.07) is 40.3. The van der Waals surface area contributed by atoms with Crippen LogP contribution in [0.5, 0.6) is 0 Å². The Morgan fingerprint density at radius 3 is 2.16 bits per heavy atom. The molecule has 1 saturated heterocycles. The molecule has 4 saturated carbocycles. The summed E-state index contributed by atoms with van der Waals surface area (Å²) in [4.78, 5) is 15.7. The highest BCUT2D eigenvalue weighted by Crippen LogP contribution is 2.55. The van der Waals surface area contributed by atoms with Crippen LogP contribution in [0, 0.1) is 17.8 Å². The maximum absolute atomic E-state index is 13.3. The number of benzene rings is 5. The quantitative estimate of drug-likeness (QED) is 0.125. The molecule has 3 N–H and O–H groups in total. The van der Waals surface area contributed by atoms with Gasteiger partial charge in [0, 0.05) is 36.7 Å². The molecule has 0 radical (unpaired) electrons. The second-order valence-corrected chi connectivity index (χ2v) is 17.4. The lowest BCUT2D eigenvalue weighted by Crippen LogP contribution is -2.61. The monoisotopic (exact) mass is 749 g/mol. The van der Waals surface area contributed by atoms with Gasteiger partial charge in [-0.05, 0) is 120 Å². The number of carbonyl (C=O) groups is 1. The third-order valence-corrected chi connectivity index (χ3v) is 13.4. The van der Waals surface area contributed by atoms with Crippen LogP contribution in [0.25, 0.3) is 21.9 Å². The minimum Gasteiger partial charge on any atom is -0.392 e. The fourth-order valence-corrected chi connectivity index (χ4v) is 10.7. The Morgan fingerprint density at radius 2 is 1.45 bits per heavy atom. The molecule has 10 rings (SSSR count). The predicted molar refractivity (Wildman–Crippen MR) is 222 cm³/mol. The molecule has 4 aliphatic carbocycles. The first-order valence-electron chi connectivity index (χ1n) is 20.7. The fourth-order valence-electron chi connectivity index (χ4n) is 10.7. The van der Waals surface area contributed by atoms with Crippen LogP contribution in [-0.4, -0.2) is 41.3 Å². The molecule has 5 fully saturated rings. The topological polar surface area (TPSA) is 83.1 Å². The smallest absolute Gasteiger partial charge is 0.315 e. The molecule has 7 heteroatoms. The summed E-state index contributed by atoms with van der Waals surface area (Å²) in [5.41, 5.74) is 7.46. The van der Waals surface area contributed by atoms with E-state index < -0.39 is 6.29 Å². The van der Waals surface area contributed by atoms with E-state index in [0.29, 0.717) is 6.54 Å². The number of aliphatic hydroxyl groups excluding tert-OH is 1. The van der Waals surface area contributed by atoms with Crippen LogP contribution in [0.3, 0.4) is 0 Å². The van der Waals surface area contributed by atoms with Crippen molar-refractivity contribution >= 4 is 16.8 Å². The molecule has 5 aromatic rings. The van der Waals surface area contributed by atoms with Gasteiger partial charge in [-0.3, -0.25) is 4.90 Å². The van der Waals surface area contributed by atoms with Gasteiger partial charge in [-0.25, -0.2) is 4.79 Å². The summed E-state index contributed by atoms with van der Waals surface area (Å²) in [5, 5.41) is 18.8. The Balaban J connectivity index is 0.891. The number of hydrogen-bond donors (Lipinski definition) is 3. The van der Waals surface area contributed by atoms with Crippen molar-refractivity contribution in [3.63, 3.8) is 0 Å². The van der Waals surface area contributed by atoms with Crippen LogP contribution in [0.4, 0.5) is 4.79 Å². The minimum absolute atomic E-state index is 0.0107. The van der Waals surface area contributed by atoms with E-state index >= 15 is 0 Å². The van der Waals surface area contributed by atoms with Crippen LogP contribution < -0.4 is 10.6 Å². The molecule has 5 aliphatic rings. The second-order valence-electron chi connectivity index (χ2n) is 17.4. The van der Waals surface area contributed by atoms with E-state index in [9.17, 15) is 9.90 Å². The molecule has 0 unspecified atom stereocenters. The van der Waals surface area contributed by atoms with Gasteiger partial charge in [-0.1, -0.05) is 109 Å². The normalized spacial score (nSPS) is 27.4. The molecule has 4 bridgehead atoms. The van der Waals surface area contributed by atoms with Gasteiger partial charge in [0.2, 0.25) is 0 Å². The van der Waals surface area contributed by atoms with Crippen LogP contribution in [-0.2, 0) is 22.6 Å². The summed E-state index contributed by atoms with van der Waals surface area (Å²) in [6.07, 6.45) is 7.45. The number of likely N-dealkylation sites (N-methyl/N-ethyl adjacent to an activating group) is 1. The molecule has 0 spiro atoms. The number of carbonyl (C=O) groups excluding carboxylic acids is 1. The standard InChI is InChI=1S/C49H55N3O4/c1-32(41-20-15-37-7-3-4-8-42(37)24-41)52(2)30-44-25-46(39-13-11-33(31-53)12-14-39)56-47(55-44)40-18-16-38(17-19-40)45-10-6-5-9-43(45)29-50-48(54)51-49-26-34-21-35(27-49)23-36(22-34)28-49/h3-20,24,32,34-36,44,46-47,53H,21-23,25-31H2,1-2H3,(H2,50,51,54)/t32-,34?,35?,36?,44-,46+,47+,49?/m1/s1. The molecule has 5 aromatic carbocycles. The average Bonchev–Trinajstić information content (AvgIpc) is 3.22. The van der Waals surface area contributed by atoms with E-state index in [1.165, 1.54) is 35.6 Å². The van der Waals surface area contributed by atoms with Crippen molar-refractivity contribution in [1.29, 1.82) is 0 Å². The van der Waals surface area contributed by atoms with Crippen molar-refractivity contribution in [2.24, 2.45) is 17.8 Å². The van der Waals surface area contributed by atoms with Gasteiger partial charge in [0.05, 0.1) is 18.8 Å². The van der Waals surface area contributed by atoms with Gasteiger partial charge in [-0.2, -0.15) is 0 Å². The maximum Gasteiger partial charge on any atom is 0.315 e. The molecule has 0 aromatic heterocycles. The van der Waals surface area contributed by atoms with Crippen LogP contribution in [0.1, 0.15) is 98.1 Å². The third-order valence-electron chi connectivity index (χ3n) is 13.4. The molecule has 7 nitrogen and oxygen atoms in total. The fraction of sp³-hybridized carbons (Fsp3) is 0.408. The van der Waals surface area contributed by atoms with E-state index in [4.69, 9.17) is 9.47 Å². The number of hydrogen-bond acceptors (Lipinski definition) is 5.